The lowest BCUT2D eigenvalue weighted by atomic mass is 10.2. The van der Waals surface area contributed by atoms with Crippen molar-refractivity contribution in [3.63, 3.8) is 0 Å². The Labute approximate surface area is 136 Å². The van der Waals surface area contributed by atoms with E-state index in [1.807, 2.05) is 6.08 Å². The lowest BCUT2D eigenvalue weighted by Crippen LogP contribution is -2.39. The normalized spacial score (nSPS) is 11.5. The van der Waals surface area contributed by atoms with E-state index in [1.54, 1.807) is 7.11 Å². The molecule has 0 fully saturated rings. The Morgan fingerprint density at radius 3 is 2.68 bits per heavy atom. The topological polar surface area (TPSA) is 46.1 Å². The molecule has 0 aliphatic carbocycles. The molecule has 1 N–H and O–H groups in total. The van der Waals surface area contributed by atoms with Crippen LogP contribution in [0, 0.1) is 0 Å². The minimum Gasteiger partial charge on any atom is -0.382 e. The number of allylic oxidation sites excluding steroid dienone is 1. The quantitative estimate of drug-likeness (QED) is 0.232. The van der Waals surface area contributed by atoms with Crippen LogP contribution in [0.5, 0.6) is 0 Å². The lowest BCUT2D eigenvalue weighted by Gasteiger charge is -2.22. The highest BCUT2D eigenvalue weighted by molar-refractivity contribution is 5.79. The van der Waals surface area contributed by atoms with Gasteiger partial charge in [-0.2, -0.15) is 0 Å². The van der Waals surface area contributed by atoms with E-state index in [1.165, 1.54) is 19.3 Å². The summed E-state index contributed by atoms with van der Waals surface area (Å²) in [6.07, 6.45) is 7.69. The van der Waals surface area contributed by atoms with Crippen molar-refractivity contribution in [2.24, 2.45) is 4.99 Å². The largest absolute Gasteiger partial charge is 0.382 e. The summed E-state index contributed by atoms with van der Waals surface area (Å²) in [5.74, 6) is 0.989. The molecule has 0 spiro atoms. The third-order valence-electron chi connectivity index (χ3n) is 3.24. The summed E-state index contributed by atoms with van der Waals surface area (Å²) < 4.78 is 10.4. The fraction of sp³-hybridized carbons (Fsp3) is 0.824. The number of methoxy groups -OCH3 is 1. The van der Waals surface area contributed by atoms with Crippen LogP contribution >= 0.6 is 0 Å². The molecule has 0 atom stereocenters. The van der Waals surface area contributed by atoms with Gasteiger partial charge in [-0.3, -0.25) is 4.99 Å². The molecule has 0 saturated heterocycles. The molecular formula is C17H35N3O2. The SMILES string of the molecule is C=CCCCCCN(C)C(=NCCCOCCOC)NCC. The van der Waals surface area contributed by atoms with Crippen molar-refractivity contribution in [1.29, 1.82) is 0 Å². The Morgan fingerprint density at radius 1 is 1.18 bits per heavy atom. The highest BCUT2D eigenvalue weighted by Gasteiger charge is 2.04. The van der Waals surface area contributed by atoms with Crippen molar-refractivity contribution in [3.05, 3.63) is 12.7 Å². The van der Waals surface area contributed by atoms with Gasteiger partial charge in [0, 0.05) is 40.4 Å². The van der Waals surface area contributed by atoms with Gasteiger partial charge in [-0.25, -0.2) is 0 Å². The molecule has 0 aliphatic heterocycles. The monoisotopic (exact) mass is 313 g/mol. The van der Waals surface area contributed by atoms with Crippen molar-refractivity contribution in [2.75, 3.05) is 53.6 Å². The van der Waals surface area contributed by atoms with E-state index in [-0.39, 0.29) is 0 Å². The van der Waals surface area contributed by atoms with Crippen LogP contribution < -0.4 is 5.32 Å². The van der Waals surface area contributed by atoms with Gasteiger partial charge in [0.25, 0.3) is 0 Å². The molecule has 5 heteroatoms. The summed E-state index contributed by atoms with van der Waals surface area (Å²) in [6, 6.07) is 0. The molecule has 0 bridgehead atoms. The van der Waals surface area contributed by atoms with E-state index in [0.717, 1.165) is 45.0 Å². The summed E-state index contributed by atoms with van der Waals surface area (Å²) in [5.41, 5.74) is 0. The summed E-state index contributed by atoms with van der Waals surface area (Å²) >= 11 is 0. The van der Waals surface area contributed by atoms with E-state index in [2.05, 4.69) is 35.8 Å². The van der Waals surface area contributed by atoms with Gasteiger partial charge in [0.05, 0.1) is 13.2 Å². The molecule has 0 amide bonds. The number of nitrogens with one attached hydrogen (secondary N) is 1. The second-order valence-electron chi connectivity index (χ2n) is 5.25. The molecule has 22 heavy (non-hydrogen) atoms. The zero-order valence-corrected chi connectivity index (χ0v) is 14.8. The Balaban J connectivity index is 3.89. The predicted octanol–water partition coefficient (Wildman–Crippen LogP) is 2.68. The Morgan fingerprint density at radius 2 is 2.00 bits per heavy atom. The number of nitrogens with zero attached hydrogens (tertiary/aromatic N) is 2. The molecule has 0 saturated carbocycles. The number of hydrogen-bond acceptors (Lipinski definition) is 3. The van der Waals surface area contributed by atoms with Crippen molar-refractivity contribution >= 4 is 5.96 Å². The predicted molar refractivity (Wildman–Crippen MR) is 94.6 cm³/mol. The Kier molecular flexibility index (Phi) is 15.5. The first-order valence-electron chi connectivity index (χ1n) is 8.43. The average molecular weight is 313 g/mol. The van der Waals surface area contributed by atoms with E-state index in [0.29, 0.717) is 13.2 Å². The number of ether oxygens (including phenoxy) is 2. The van der Waals surface area contributed by atoms with Crippen LogP contribution in [0.25, 0.3) is 0 Å². The number of aliphatic imine (C=N–C) groups is 1. The zero-order chi connectivity index (χ0) is 16.5. The Bertz CT molecular complexity index is 283. The summed E-state index contributed by atoms with van der Waals surface area (Å²) in [5, 5.41) is 3.34. The highest BCUT2D eigenvalue weighted by Crippen LogP contribution is 2.01. The maximum atomic E-state index is 5.44. The zero-order valence-electron chi connectivity index (χ0n) is 14.8. The molecule has 0 aliphatic rings. The summed E-state index contributed by atoms with van der Waals surface area (Å²) in [4.78, 5) is 6.86. The Hall–Kier alpha value is -1.07. The summed E-state index contributed by atoms with van der Waals surface area (Å²) in [7, 11) is 3.79. The van der Waals surface area contributed by atoms with Gasteiger partial charge >= 0.3 is 0 Å². The second kappa shape index (κ2) is 16.3. The molecule has 0 aromatic rings. The van der Waals surface area contributed by atoms with Gasteiger partial charge in [-0.1, -0.05) is 12.5 Å². The van der Waals surface area contributed by atoms with Crippen molar-refractivity contribution in [3.8, 4) is 0 Å². The molecule has 130 valence electrons. The standard InChI is InChI=1S/C17H35N3O2/c1-5-7-8-9-10-13-20(3)17(18-6-2)19-12-11-14-22-16-15-21-4/h5H,1,6-16H2,2-4H3,(H,18,19). The van der Waals surface area contributed by atoms with Crippen LogP contribution in [-0.2, 0) is 9.47 Å². The van der Waals surface area contributed by atoms with E-state index in [4.69, 9.17) is 9.47 Å². The fourth-order valence-corrected chi connectivity index (χ4v) is 1.99. The van der Waals surface area contributed by atoms with Crippen LogP contribution in [0.1, 0.15) is 39.0 Å². The molecule has 5 nitrogen and oxygen atoms in total. The molecule has 0 rings (SSSR count). The van der Waals surface area contributed by atoms with Crippen molar-refractivity contribution < 1.29 is 9.47 Å². The van der Waals surface area contributed by atoms with Gasteiger partial charge in [-0.05, 0) is 32.6 Å². The number of rotatable bonds is 14. The highest BCUT2D eigenvalue weighted by atomic mass is 16.5. The van der Waals surface area contributed by atoms with Gasteiger partial charge in [-0.15, -0.1) is 6.58 Å². The third kappa shape index (κ3) is 12.7. The molecule has 0 heterocycles. The van der Waals surface area contributed by atoms with Crippen LogP contribution in [-0.4, -0.2) is 64.5 Å². The fourth-order valence-electron chi connectivity index (χ4n) is 1.99. The molecule has 0 aromatic heterocycles. The van der Waals surface area contributed by atoms with E-state index >= 15 is 0 Å². The molecule has 0 aromatic carbocycles. The van der Waals surface area contributed by atoms with Crippen LogP contribution in [0.15, 0.2) is 17.6 Å². The van der Waals surface area contributed by atoms with Gasteiger partial charge in [0.15, 0.2) is 5.96 Å². The third-order valence-corrected chi connectivity index (χ3v) is 3.24. The van der Waals surface area contributed by atoms with Gasteiger partial charge in [0.2, 0.25) is 0 Å². The number of hydrogen-bond donors (Lipinski definition) is 1. The van der Waals surface area contributed by atoms with Crippen molar-refractivity contribution in [1.82, 2.24) is 10.2 Å². The number of unbranched alkanes of at least 4 members (excludes halogenated alkanes) is 3. The smallest absolute Gasteiger partial charge is 0.193 e. The minimum atomic E-state index is 0.653. The number of guanidine groups is 1. The molecule has 0 unspecified atom stereocenters. The van der Waals surface area contributed by atoms with Crippen LogP contribution in [0.3, 0.4) is 0 Å². The molecule has 0 radical (unpaired) electrons. The van der Waals surface area contributed by atoms with E-state index < -0.39 is 0 Å². The first-order chi connectivity index (χ1) is 10.8. The molecular weight excluding hydrogens is 278 g/mol. The average Bonchev–Trinajstić information content (AvgIpc) is 2.52. The summed E-state index contributed by atoms with van der Waals surface area (Å²) in [6.45, 7) is 10.6. The first-order valence-corrected chi connectivity index (χ1v) is 8.43. The lowest BCUT2D eigenvalue weighted by molar-refractivity contribution is 0.0702. The maximum absolute atomic E-state index is 5.44. The van der Waals surface area contributed by atoms with E-state index in [9.17, 15) is 0 Å². The van der Waals surface area contributed by atoms with Crippen LogP contribution in [0.2, 0.25) is 0 Å². The maximum Gasteiger partial charge on any atom is 0.193 e. The van der Waals surface area contributed by atoms with Crippen molar-refractivity contribution in [2.45, 2.75) is 39.0 Å². The minimum absolute atomic E-state index is 0.653. The van der Waals surface area contributed by atoms with Gasteiger partial charge < -0.3 is 19.7 Å². The first kappa shape index (κ1) is 20.9. The second-order valence-corrected chi connectivity index (χ2v) is 5.25. The van der Waals surface area contributed by atoms with Crippen LogP contribution in [0.4, 0.5) is 0 Å². The van der Waals surface area contributed by atoms with Gasteiger partial charge in [0.1, 0.15) is 0 Å².